The van der Waals surface area contributed by atoms with Crippen molar-refractivity contribution in [3.63, 3.8) is 0 Å². The van der Waals surface area contributed by atoms with Crippen molar-refractivity contribution in [3.8, 4) is 0 Å². The van der Waals surface area contributed by atoms with Crippen LogP contribution in [0.3, 0.4) is 0 Å². The fraction of sp³-hybridized carbons (Fsp3) is 0.682. The number of piperidine rings is 1. The molecule has 0 spiro atoms. The van der Waals surface area contributed by atoms with E-state index >= 15 is 0 Å². The number of ether oxygens (including phenoxy) is 1. The number of rotatable bonds is 7. The number of hydrogen-bond donors (Lipinski definition) is 2. The molecule has 5 heteroatoms. The zero-order valence-electron chi connectivity index (χ0n) is 17.0. The Bertz CT molecular complexity index is 571. The third-order valence-corrected chi connectivity index (χ3v) is 5.67. The first-order valence-corrected chi connectivity index (χ1v) is 10.7. The van der Waals surface area contributed by atoms with Gasteiger partial charge >= 0.3 is 0 Å². The van der Waals surface area contributed by atoms with Crippen LogP contribution in [0.4, 0.5) is 0 Å². The van der Waals surface area contributed by atoms with E-state index in [1.807, 2.05) is 0 Å². The molecule has 0 amide bonds. The summed E-state index contributed by atoms with van der Waals surface area (Å²) in [6, 6.07) is 11.9. The minimum Gasteiger partial charge on any atom is -0.378 e. The van der Waals surface area contributed by atoms with Gasteiger partial charge in [0.25, 0.3) is 0 Å². The largest absolute Gasteiger partial charge is 0.378 e. The van der Waals surface area contributed by atoms with Crippen LogP contribution in [-0.2, 0) is 11.3 Å². The predicted octanol–water partition coefficient (Wildman–Crippen LogP) is 3.16. The summed E-state index contributed by atoms with van der Waals surface area (Å²) in [5.74, 6) is 0.962. The molecule has 3 rings (SSSR count). The van der Waals surface area contributed by atoms with Crippen molar-refractivity contribution in [2.45, 2.75) is 70.7 Å². The normalized spacial score (nSPS) is 26.9. The van der Waals surface area contributed by atoms with E-state index in [1.165, 1.54) is 18.4 Å². The lowest BCUT2D eigenvalue weighted by atomic mass is 9.97. The van der Waals surface area contributed by atoms with Crippen molar-refractivity contribution in [3.05, 3.63) is 35.9 Å². The summed E-state index contributed by atoms with van der Waals surface area (Å²) < 4.78 is 5.70. The standard InChI is InChI=1S/C22H36N4O/c1-3-23-22(24-13-11-21-10-7-15-27-21)25-20-12-14-26(18(2)16-20)17-19-8-5-4-6-9-19/h4-6,8-9,18,20-21H,3,7,10-17H2,1-2H3,(H2,23,24,25). The number of likely N-dealkylation sites (tertiary alicyclic amines) is 1. The molecule has 0 saturated carbocycles. The summed E-state index contributed by atoms with van der Waals surface area (Å²) in [7, 11) is 0. The molecule has 0 aliphatic carbocycles. The van der Waals surface area contributed by atoms with E-state index in [1.54, 1.807) is 0 Å². The van der Waals surface area contributed by atoms with E-state index < -0.39 is 0 Å². The quantitative estimate of drug-likeness (QED) is 0.570. The van der Waals surface area contributed by atoms with Crippen LogP contribution in [0.1, 0.15) is 51.5 Å². The van der Waals surface area contributed by atoms with Crippen LogP contribution in [0.2, 0.25) is 0 Å². The maximum Gasteiger partial charge on any atom is 0.191 e. The first-order chi connectivity index (χ1) is 13.2. The molecule has 2 fully saturated rings. The first-order valence-electron chi connectivity index (χ1n) is 10.7. The van der Waals surface area contributed by atoms with Gasteiger partial charge in [-0.2, -0.15) is 0 Å². The molecule has 5 nitrogen and oxygen atoms in total. The van der Waals surface area contributed by atoms with Crippen LogP contribution in [0.25, 0.3) is 0 Å². The topological polar surface area (TPSA) is 48.9 Å². The molecule has 3 unspecified atom stereocenters. The van der Waals surface area contributed by atoms with Crippen molar-refractivity contribution < 1.29 is 4.74 Å². The highest BCUT2D eigenvalue weighted by molar-refractivity contribution is 5.80. The molecular formula is C22H36N4O. The maximum atomic E-state index is 5.70. The highest BCUT2D eigenvalue weighted by Gasteiger charge is 2.26. The Labute approximate surface area is 164 Å². The Kier molecular flexibility index (Phi) is 7.96. The highest BCUT2D eigenvalue weighted by Crippen LogP contribution is 2.20. The van der Waals surface area contributed by atoms with Gasteiger partial charge < -0.3 is 15.4 Å². The predicted molar refractivity (Wildman–Crippen MR) is 112 cm³/mol. The van der Waals surface area contributed by atoms with Gasteiger partial charge in [0.2, 0.25) is 0 Å². The van der Waals surface area contributed by atoms with Gasteiger partial charge in [-0.3, -0.25) is 9.89 Å². The zero-order chi connectivity index (χ0) is 18.9. The highest BCUT2D eigenvalue weighted by atomic mass is 16.5. The van der Waals surface area contributed by atoms with Crippen LogP contribution in [0, 0.1) is 0 Å². The fourth-order valence-corrected chi connectivity index (χ4v) is 4.11. The monoisotopic (exact) mass is 372 g/mol. The summed E-state index contributed by atoms with van der Waals surface area (Å²) >= 11 is 0. The molecule has 150 valence electrons. The Balaban J connectivity index is 1.45. The summed E-state index contributed by atoms with van der Waals surface area (Å²) in [6.07, 6.45) is 6.15. The van der Waals surface area contributed by atoms with Crippen LogP contribution >= 0.6 is 0 Å². The maximum absolute atomic E-state index is 5.70. The molecule has 2 saturated heterocycles. The summed E-state index contributed by atoms with van der Waals surface area (Å²) in [6.45, 7) is 9.30. The van der Waals surface area contributed by atoms with Crippen LogP contribution in [0.5, 0.6) is 0 Å². The second-order valence-corrected chi connectivity index (χ2v) is 7.86. The van der Waals surface area contributed by atoms with E-state index in [0.717, 1.165) is 58.0 Å². The lowest BCUT2D eigenvalue weighted by molar-refractivity contribution is 0.106. The van der Waals surface area contributed by atoms with E-state index in [2.05, 4.69) is 59.7 Å². The number of nitrogens with zero attached hydrogens (tertiary/aromatic N) is 2. The number of guanidine groups is 1. The SMILES string of the molecule is CCNC(=NCCC1CCCO1)NC1CCN(Cc2ccccc2)C(C)C1. The average Bonchev–Trinajstić information content (AvgIpc) is 3.18. The van der Waals surface area contributed by atoms with Crippen molar-refractivity contribution in [1.82, 2.24) is 15.5 Å². The van der Waals surface area contributed by atoms with Crippen LogP contribution in [0.15, 0.2) is 35.3 Å². The number of hydrogen-bond acceptors (Lipinski definition) is 3. The summed E-state index contributed by atoms with van der Waals surface area (Å²) in [5, 5.41) is 7.07. The molecule has 0 radical (unpaired) electrons. The number of aliphatic imine (C=N–C) groups is 1. The Morgan fingerprint density at radius 1 is 1.26 bits per heavy atom. The number of benzene rings is 1. The Hall–Kier alpha value is -1.59. The Morgan fingerprint density at radius 2 is 2.11 bits per heavy atom. The molecule has 2 aliphatic heterocycles. The second kappa shape index (κ2) is 10.7. The van der Waals surface area contributed by atoms with Gasteiger partial charge in [0.1, 0.15) is 0 Å². The molecule has 2 N–H and O–H groups in total. The third-order valence-electron chi connectivity index (χ3n) is 5.67. The van der Waals surface area contributed by atoms with E-state index in [4.69, 9.17) is 9.73 Å². The van der Waals surface area contributed by atoms with E-state index in [-0.39, 0.29) is 0 Å². The molecule has 1 aromatic rings. The van der Waals surface area contributed by atoms with Crippen molar-refractivity contribution in [2.75, 3.05) is 26.2 Å². The van der Waals surface area contributed by atoms with Crippen LogP contribution < -0.4 is 10.6 Å². The Morgan fingerprint density at radius 3 is 2.81 bits per heavy atom. The smallest absolute Gasteiger partial charge is 0.191 e. The minimum absolute atomic E-state index is 0.415. The van der Waals surface area contributed by atoms with Crippen molar-refractivity contribution >= 4 is 5.96 Å². The van der Waals surface area contributed by atoms with Gasteiger partial charge in [0.05, 0.1) is 6.10 Å². The van der Waals surface area contributed by atoms with E-state index in [0.29, 0.717) is 18.2 Å². The van der Waals surface area contributed by atoms with E-state index in [9.17, 15) is 0 Å². The average molecular weight is 373 g/mol. The fourth-order valence-electron chi connectivity index (χ4n) is 4.11. The first kappa shape index (κ1) is 20.2. The lowest BCUT2D eigenvalue weighted by Gasteiger charge is -2.38. The minimum atomic E-state index is 0.415. The number of nitrogens with one attached hydrogen (secondary N) is 2. The molecule has 2 aliphatic rings. The van der Waals surface area contributed by atoms with Crippen molar-refractivity contribution in [1.29, 1.82) is 0 Å². The van der Waals surface area contributed by atoms with Gasteiger partial charge in [-0.1, -0.05) is 30.3 Å². The molecule has 0 bridgehead atoms. The van der Waals surface area contributed by atoms with Gasteiger partial charge in [0, 0.05) is 44.9 Å². The second-order valence-electron chi connectivity index (χ2n) is 7.86. The molecule has 1 aromatic carbocycles. The van der Waals surface area contributed by atoms with Gasteiger partial charge in [-0.15, -0.1) is 0 Å². The summed E-state index contributed by atoms with van der Waals surface area (Å²) in [5.41, 5.74) is 1.40. The zero-order valence-corrected chi connectivity index (χ0v) is 17.0. The van der Waals surface area contributed by atoms with Gasteiger partial charge in [0.15, 0.2) is 5.96 Å². The summed E-state index contributed by atoms with van der Waals surface area (Å²) in [4.78, 5) is 7.38. The molecule has 0 aromatic heterocycles. The molecule has 27 heavy (non-hydrogen) atoms. The lowest BCUT2D eigenvalue weighted by Crippen LogP contribution is -2.51. The molecular weight excluding hydrogens is 336 g/mol. The molecule has 2 heterocycles. The van der Waals surface area contributed by atoms with Crippen LogP contribution in [-0.4, -0.2) is 55.3 Å². The van der Waals surface area contributed by atoms with Crippen molar-refractivity contribution in [2.24, 2.45) is 4.99 Å². The third kappa shape index (κ3) is 6.51. The molecule has 3 atom stereocenters. The van der Waals surface area contributed by atoms with Gasteiger partial charge in [-0.25, -0.2) is 0 Å². The van der Waals surface area contributed by atoms with Gasteiger partial charge in [-0.05, 0) is 51.5 Å².